The molecule has 0 saturated carbocycles. The molecule has 8 heteroatoms. The number of rotatable bonds is 11. The van der Waals surface area contributed by atoms with Gasteiger partial charge in [0.05, 0.1) is 11.9 Å². The fourth-order valence-corrected chi connectivity index (χ4v) is 5.25. The topological polar surface area (TPSA) is 86.8 Å². The van der Waals surface area contributed by atoms with Crippen molar-refractivity contribution < 1.29 is 18.0 Å². The summed E-state index contributed by atoms with van der Waals surface area (Å²) in [5.41, 5.74) is 3.93. The molecule has 0 aliphatic heterocycles. The van der Waals surface area contributed by atoms with Gasteiger partial charge in [-0.3, -0.25) is 13.9 Å². The fraction of sp³-hybridized carbons (Fsp3) is 0.333. The number of nitrogens with zero attached hydrogens (tertiary/aromatic N) is 2. The van der Waals surface area contributed by atoms with E-state index in [1.54, 1.807) is 25.1 Å². The van der Waals surface area contributed by atoms with Gasteiger partial charge in [0, 0.05) is 19.0 Å². The van der Waals surface area contributed by atoms with Crippen LogP contribution in [0, 0.1) is 13.8 Å². The Labute approximate surface area is 226 Å². The van der Waals surface area contributed by atoms with Gasteiger partial charge in [0.15, 0.2) is 0 Å². The van der Waals surface area contributed by atoms with Crippen LogP contribution in [-0.2, 0) is 32.6 Å². The number of hydrogen-bond donors (Lipinski definition) is 1. The second kappa shape index (κ2) is 12.7. The van der Waals surface area contributed by atoms with Gasteiger partial charge in [-0.1, -0.05) is 72.8 Å². The summed E-state index contributed by atoms with van der Waals surface area (Å²) in [4.78, 5) is 29.1. The molecule has 0 fully saturated rings. The van der Waals surface area contributed by atoms with E-state index < -0.39 is 28.5 Å². The van der Waals surface area contributed by atoms with Crippen molar-refractivity contribution in [3.8, 4) is 0 Å². The highest BCUT2D eigenvalue weighted by molar-refractivity contribution is 7.92. The van der Waals surface area contributed by atoms with E-state index in [0.29, 0.717) is 12.1 Å². The van der Waals surface area contributed by atoms with Crippen LogP contribution in [0.4, 0.5) is 5.69 Å². The van der Waals surface area contributed by atoms with Gasteiger partial charge in [-0.25, -0.2) is 8.42 Å². The Kier molecular flexibility index (Phi) is 9.69. The molecular formula is C30H37N3O4S. The summed E-state index contributed by atoms with van der Waals surface area (Å²) in [5, 5.41) is 2.96. The molecule has 0 aliphatic rings. The highest BCUT2D eigenvalue weighted by Gasteiger charge is 2.33. The molecule has 3 aromatic rings. The summed E-state index contributed by atoms with van der Waals surface area (Å²) in [6.07, 6.45) is 1.38. The van der Waals surface area contributed by atoms with Crippen molar-refractivity contribution in [1.82, 2.24) is 10.2 Å². The minimum absolute atomic E-state index is 0.129. The maximum absolute atomic E-state index is 14.1. The molecule has 38 heavy (non-hydrogen) atoms. The lowest BCUT2D eigenvalue weighted by molar-refractivity contribution is -0.140. The third kappa shape index (κ3) is 7.68. The van der Waals surface area contributed by atoms with Crippen LogP contribution in [0.25, 0.3) is 0 Å². The lowest BCUT2D eigenvalue weighted by Gasteiger charge is -2.34. The van der Waals surface area contributed by atoms with E-state index in [1.807, 2.05) is 81.4 Å². The summed E-state index contributed by atoms with van der Waals surface area (Å²) in [5.74, 6) is -0.741. The summed E-state index contributed by atoms with van der Waals surface area (Å²) >= 11 is 0. The molecule has 0 spiro atoms. The molecule has 2 amide bonds. The van der Waals surface area contributed by atoms with E-state index >= 15 is 0 Å². The molecule has 1 unspecified atom stereocenters. The first-order valence-corrected chi connectivity index (χ1v) is 14.5. The van der Waals surface area contributed by atoms with Crippen molar-refractivity contribution in [3.05, 3.63) is 101 Å². The van der Waals surface area contributed by atoms with Crippen LogP contribution in [0.3, 0.4) is 0 Å². The van der Waals surface area contributed by atoms with Gasteiger partial charge in [0.25, 0.3) is 0 Å². The minimum atomic E-state index is -3.79. The molecule has 1 atom stereocenters. The molecule has 3 rings (SSSR count). The molecule has 0 aliphatic carbocycles. The first kappa shape index (κ1) is 28.9. The van der Waals surface area contributed by atoms with Crippen molar-refractivity contribution in [2.24, 2.45) is 0 Å². The second-order valence-corrected chi connectivity index (χ2v) is 11.8. The number of hydrogen-bond acceptors (Lipinski definition) is 4. The van der Waals surface area contributed by atoms with Crippen molar-refractivity contribution in [3.63, 3.8) is 0 Å². The lowest BCUT2D eigenvalue weighted by Crippen LogP contribution is -2.54. The van der Waals surface area contributed by atoms with Gasteiger partial charge in [-0.2, -0.15) is 0 Å². The highest BCUT2D eigenvalue weighted by Crippen LogP contribution is 2.24. The molecule has 1 N–H and O–H groups in total. The maximum Gasteiger partial charge on any atom is 0.244 e. The van der Waals surface area contributed by atoms with E-state index in [1.165, 1.54) is 4.90 Å². The predicted octanol–water partition coefficient (Wildman–Crippen LogP) is 4.23. The maximum atomic E-state index is 14.1. The average molecular weight is 536 g/mol. The Hall–Kier alpha value is -3.65. The second-order valence-electron chi connectivity index (χ2n) is 9.87. The molecule has 0 saturated heterocycles. The summed E-state index contributed by atoms with van der Waals surface area (Å²) in [7, 11) is -3.79. The molecule has 7 nitrogen and oxygen atoms in total. The van der Waals surface area contributed by atoms with Gasteiger partial charge in [0.1, 0.15) is 12.6 Å². The first-order valence-electron chi connectivity index (χ1n) is 12.7. The third-order valence-electron chi connectivity index (χ3n) is 6.37. The Morgan fingerprint density at radius 3 is 2.00 bits per heavy atom. The van der Waals surface area contributed by atoms with Gasteiger partial charge in [-0.15, -0.1) is 0 Å². The number of carbonyl (C=O) groups is 2. The lowest BCUT2D eigenvalue weighted by atomic mass is 10.0. The standard InChI is InChI=1S/C30H37N3O4S/c1-22(2)31-30(35)28(19-25-15-7-6-8-16-25)32(20-26-17-11-9-13-23(26)3)29(34)21-33(38(5,36)37)27-18-12-10-14-24(27)4/h6-18,22,28H,19-21H2,1-5H3,(H,31,35). The monoisotopic (exact) mass is 535 g/mol. The molecule has 0 aromatic heterocycles. The molecule has 3 aromatic carbocycles. The van der Waals surface area contributed by atoms with Gasteiger partial charge in [0.2, 0.25) is 21.8 Å². The summed E-state index contributed by atoms with van der Waals surface area (Å²) in [6.45, 7) is 7.24. The normalized spacial score (nSPS) is 12.2. The summed E-state index contributed by atoms with van der Waals surface area (Å²) < 4.78 is 26.9. The van der Waals surface area contributed by atoms with Gasteiger partial charge < -0.3 is 10.2 Å². The Morgan fingerprint density at radius 1 is 0.842 bits per heavy atom. The van der Waals surface area contributed by atoms with Gasteiger partial charge >= 0.3 is 0 Å². The predicted molar refractivity (Wildman–Crippen MR) is 152 cm³/mol. The average Bonchev–Trinajstić information content (AvgIpc) is 2.85. The van der Waals surface area contributed by atoms with E-state index in [2.05, 4.69) is 5.32 Å². The number of carbonyl (C=O) groups excluding carboxylic acids is 2. The van der Waals surface area contributed by atoms with Crippen molar-refractivity contribution in [2.45, 2.75) is 52.7 Å². The number of nitrogens with one attached hydrogen (secondary N) is 1. The van der Waals surface area contributed by atoms with Crippen LogP contribution in [0.5, 0.6) is 0 Å². The van der Waals surface area contributed by atoms with Crippen molar-refractivity contribution >= 4 is 27.5 Å². The number of anilines is 1. The smallest absolute Gasteiger partial charge is 0.244 e. The number of amides is 2. The number of benzene rings is 3. The SMILES string of the molecule is Cc1ccccc1CN(C(=O)CN(c1ccccc1C)S(C)(=O)=O)C(Cc1ccccc1)C(=O)NC(C)C. The van der Waals surface area contributed by atoms with Crippen LogP contribution < -0.4 is 9.62 Å². The molecule has 202 valence electrons. The van der Waals surface area contributed by atoms with E-state index in [0.717, 1.165) is 32.8 Å². The minimum Gasteiger partial charge on any atom is -0.352 e. The zero-order valence-electron chi connectivity index (χ0n) is 22.7. The quantitative estimate of drug-likeness (QED) is 0.398. The third-order valence-corrected chi connectivity index (χ3v) is 7.49. The summed E-state index contributed by atoms with van der Waals surface area (Å²) in [6, 6.07) is 23.3. The van der Waals surface area contributed by atoms with Crippen molar-refractivity contribution in [1.29, 1.82) is 0 Å². The van der Waals surface area contributed by atoms with Crippen LogP contribution in [0.2, 0.25) is 0 Å². The number of sulfonamides is 1. The largest absolute Gasteiger partial charge is 0.352 e. The highest BCUT2D eigenvalue weighted by atomic mass is 32.2. The first-order chi connectivity index (χ1) is 18.0. The Morgan fingerprint density at radius 2 is 1.42 bits per heavy atom. The van der Waals surface area contributed by atoms with Crippen LogP contribution in [0.15, 0.2) is 78.9 Å². The zero-order chi connectivity index (χ0) is 27.9. The van der Waals surface area contributed by atoms with E-state index in [9.17, 15) is 18.0 Å². The molecule has 0 bridgehead atoms. The Balaban J connectivity index is 2.08. The molecule has 0 radical (unpaired) electrons. The number of aryl methyl sites for hydroxylation is 2. The van der Waals surface area contributed by atoms with E-state index in [-0.39, 0.29) is 18.5 Å². The Bertz CT molecular complexity index is 1360. The molecule has 0 heterocycles. The van der Waals surface area contributed by atoms with Gasteiger partial charge in [-0.05, 0) is 56.0 Å². The molecular weight excluding hydrogens is 498 g/mol. The van der Waals surface area contributed by atoms with E-state index in [4.69, 9.17) is 0 Å². The van der Waals surface area contributed by atoms with Crippen LogP contribution in [-0.4, -0.2) is 50.0 Å². The van der Waals surface area contributed by atoms with Crippen molar-refractivity contribution in [2.75, 3.05) is 17.1 Å². The fourth-order valence-electron chi connectivity index (χ4n) is 4.34. The van der Waals surface area contributed by atoms with Crippen LogP contribution in [0.1, 0.15) is 36.1 Å². The zero-order valence-corrected chi connectivity index (χ0v) is 23.5. The number of para-hydroxylation sites is 1. The van der Waals surface area contributed by atoms with Crippen LogP contribution >= 0.6 is 0 Å².